The predicted molar refractivity (Wildman–Crippen MR) is 74.5 cm³/mol. The average Bonchev–Trinajstić information content (AvgIpc) is 3.04. The fraction of sp³-hybridized carbons (Fsp3) is 0.667. The Hall–Kier alpha value is -1.65. The number of hydrogen-bond donors (Lipinski definition) is 0. The van der Waals surface area contributed by atoms with Crippen molar-refractivity contribution in [2.45, 2.75) is 45.6 Å². The third-order valence-corrected chi connectivity index (χ3v) is 3.89. The Labute approximate surface area is 119 Å². The summed E-state index contributed by atoms with van der Waals surface area (Å²) in [4.78, 5) is 22.5. The van der Waals surface area contributed by atoms with Crippen LogP contribution in [0.1, 0.15) is 37.1 Å². The van der Waals surface area contributed by atoms with Crippen LogP contribution in [-0.4, -0.2) is 40.0 Å². The summed E-state index contributed by atoms with van der Waals surface area (Å²) in [5, 5.41) is 0. The van der Waals surface area contributed by atoms with Crippen LogP contribution in [0.25, 0.3) is 0 Å². The van der Waals surface area contributed by atoms with Gasteiger partial charge < -0.3 is 9.64 Å². The second kappa shape index (κ2) is 5.38. The van der Waals surface area contributed by atoms with Gasteiger partial charge in [-0.05, 0) is 38.7 Å². The van der Waals surface area contributed by atoms with Crippen LogP contribution in [0.4, 0.5) is 0 Å². The zero-order valence-corrected chi connectivity index (χ0v) is 12.1. The minimum absolute atomic E-state index is 0.0272. The van der Waals surface area contributed by atoms with E-state index < -0.39 is 0 Å². The Kier molecular flexibility index (Phi) is 3.59. The van der Waals surface area contributed by atoms with Crippen molar-refractivity contribution in [1.82, 2.24) is 14.9 Å². The van der Waals surface area contributed by atoms with Crippen molar-refractivity contribution in [3.05, 3.63) is 17.5 Å². The van der Waals surface area contributed by atoms with Crippen LogP contribution in [-0.2, 0) is 4.79 Å². The molecule has 1 aromatic heterocycles. The summed E-state index contributed by atoms with van der Waals surface area (Å²) in [5.41, 5.74) is 1.82. The van der Waals surface area contributed by atoms with Crippen molar-refractivity contribution in [3.63, 3.8) is 0 Å². The summed E-state index contributed by atoms with van der Waals surface area (Å²) < 4.78 is 5.82. The fourth-order valence-electron chi connectivity index (χ4n) is 2.64. The quantitative estimate of drug-likeness (QED) is 0.842. The molecule has 20 heavy (non-hydrogen) atoms. The minimum Gasteiger partial charge on any atom is -0.458 e. The molecule has 1 saturated heterocycles. The van der Waals surface area contributed by atoms with Gasteiger partial charge in [-0.3, -0.25) is 4.79 Å². The summed E-state index contributed by atoms with van der Waals surface area (Å²) in [6, 6.07) is 2.36. The number of ether oxygens (including phenoxy) is 1. The lowest BCUT2D eigenvalue weighted by molar-refractivity contribution is -0.130. The lowest BCUT2D eigenvalue weighted by Crippen LogP contribution is -2.31. The van der Waals surface area contributed by atoms with Crippen LogP contribution in [0, 0.1) is 19.8 Å². The van der Waals surface area contributed by atoms with E-state index in [0.29, 0.717) is 24.9 Å². The van der Waals surface area contributed by atoms with Gasteiger partial charge in [-0.25, -0.2) is 9.97 Å². The molecule has 1 atom stereocenters. The molecule has 1 aliphatic carbocycles. The van der Waals surface area contributed by atoms with Crippen LogP contribution in [0.3, 0.4) is 0 Å². The second-order valence-electron chi connectivity index (χ2n) is 5.95. The number of amides is 1. The summed E-state index contributed by atoms with van der Waals surface area (Å²) in [5.74, 6) is 0.921. The van der Waals surface area contributed by atoms with Gasteiger partial charge in [0.25, 0.3) is 0 Å². The summed E-state index contributed by atoms with van der Waals surface area (Å²) in [7, 11) is 0. The molecule has 0 spiro atoms. The van der Waals surface area contributed by atoms with Crippen LogP contribution in [0.15, 0.2) is 6.07 Å². The van der Waals surface area contributed by atoms with E-state index in [1.807, 2.05) is 24.8 Å². The number of hydrogen-bond acceptors (Lipinski definition) is 4. The zero-order valence-electron chi connectivity index (χ0n) is 12.1. The largest absolute Gasteiger partial charge is 0.458 e. The maximum atomic E-state index is 12.0. The normalized spacial score (nSPS) is 22.1. The van der Waals surface area contributed by atoms with Crippen molar-refractivity contribution < 1.29 is 9.53 Å². The number of nitrogens with zero attached hydrogens (tertiary/aromatic N) is 3. The van der Waals surface area contributed by atoms with Crippen LogP contribution < -0.4 is 4.74 Å². The van der Waals surface area contributed by atoms with E-state index in [-0.39, 0.29) is 12.0 Å². The molecule has 0 unspecified atom stereocenters. The first-order valence-corrected chi connectivity index (χ1v) is 7.37. The fourth-order valence-corrected chi connectivity index (χ4v) is 2.64. The molecule has 108 valence electrons. The molecule has 0 bridgehead atoms. The zero-order chi connectivity index (χ0) is 14.1. The summed E-state index contributed by atoms with van der Waals surface area (Å²) in [6.45, 7) is 5.33. The van der Waals surface area contributed by atoms with Gasteiger partial charge in [0.05, 0.1) is 6.54 Å². The van der Waals surface area contributed by atoms with Crippen LogP contribution in [0.2, 0.25) is 0 Å². The van der Waals surface area contributed by atoms with Gasteiger partial charge in [-0.1, -0.05) is 0 Å². The molecular formula is C15H21N3O2. The lowest BCUT2D eigenvalue weighted by Gasteiger charge is -2.16. The van der Waals surface area contributed by atoms with Crippen LogP contribution >= 0.6 is 0 Å². The third kappa shape index (κ3) is 3.26. The Morgan fingerprint density at radius 2 is 2.00 bits per heavy atom. The molecule has 0 radical (unpaired) electrons. The lowest BCUT2D eigenvalue weighted by atomic mass is 10.2. The van der Waals surface area contributed by atoms with Gasteiger partial charge in [0.15, 0.2) is 0 Å². The van der Waals surface area contributed by atoms with Gasteiger partial charge in [0, 0.05) is 30.8 Å². The Balaban J connectivity index is 1.55. The van der Waals surface area contributed by atoms with E-state index >= 15 is 0 Å². The highest BCUT2D eigenvalue weighted by Crippen LogP contribution is 2.33. The third-order valence-electron chi connectivity index (χ3n) is 3.89. The smallest absolute Gasteiger partial charge is 0.317 e. The van der Waals surface area contributed by atoms with Crippen molar-refractivity contribution in [3.8, 4) is 6.01 Å². The van der Waals surface area contributed by atoms with Crippen LogP contribution in [0.5, 0.6) is 6.01 Å². The topological polar surface area (TPSA) is 55.3 Å². The molecule has 2 aliphatic rings. The number of carbonyl (C=O) groups excluding carboxylic acids is 1. The monoisotopic (exact) mass is 275 g/mol. The number of carbonyl (C=O) groups is 1. The number of aromatic nitrogens is 2. The van der Waals surface area contributed by atoms with E-state index in [2.05, 4.69) is 9.97 Å². The van der Waals surface area contributed by atoms with Gasteiger partial charge >= 0.3 is 6.01 Å². The maximum absolute atomic E-state index is 12.0. The molecule has 2 heterocycles. The maximum Gasteiger partial charge on any atom is 0.317 e. The Morgan fingerprint density at radius 1 is 1.30 bits per heavy atom. The SMILES string of the molecule is Cc1cc(C)nc(O[C@@H]2CCN(C(=O)CC3CC3)C2)n1. The molecule has 1 saturated carbocycles. The first-order chi connectivity index (χ1) is 9.60. The van der Waals surface area contributed by atoms with Crippen molar-refractivity contribution >= 4 is 5.91 Å². The molecule has 1 amide bonds. The Bertz CT molecular complexity index is 494. The highest BCUT2D eigenvalue weighted by atomic mass is 16.5. The number of likely N-dealkylation sites (tertiary alicyclic amines) is 1. The second-order valence-corrected chi connectivity index (χ2v) is 5.95. The summed E-state index contributed by atoms with van der Waals surface area (Å²) in [6.07, 6.45) is 4.05. The summed E-state index contributed by atoms with van der Waals surface area (Å²) >= 11 is 0. The van der Waals surface area contributed by atoms with Gasteiger partial charge in [0.2, 0.25) is 5.91 Å². The van der Waals surface area contributed by atoms with Gasteiger partial charge in [-0.2, -0.15) is 0 Å². The number of aryl methyl sites for hydroxylation is 2. The molecule has 1 aromatic rings. The number of rotatable bonds is 4. The first-order valence-electron chi connectivity index (χ1n) is 7.37. The van der Waals surface area contributed by atoms with E-state index in [0.717, 1.165) is 24.4 Å². The van der Waals surface area contributed by atoms with Crippen molar-refractivity contribution in [2.75, 3.05) is 13.1 Å². The van der Waals surface area contributed by atoms with E-state index in [9.17, 15) is 4.79 Å². The Morgan fingerprint density at radius 3 is 2.65 bits per heavy atom. The average molecular weight is 275 g/mol. The van der Waals surface area contributed by atoms with E-state index in [1.165, 1.54) is 12.8 Å². The highest BCUT2D eigenvalue weighted by molar-refractivity contribution is 5.77. The molecular weight excluding hydrogens is 254 g/mol. The van der Waals surface area contributed by atoms with E-state index in [1.54, 1.807) is 0 Å². The van der Waals surface area contributed by atoms with E-state index in [4.69, 9.17) is 4.74 Å². The predicted octanol–water partition coefficient (Wildman–Crippen LogP) is 1.87. The molecule has 0 N–H and O–H groups in total. The van der Waals surface area contributed by atoms with Gasteiger partial charge in [0.1, 0.15) is 6.10 Å². The minimum atomic E-state index is 0.0272. The molecule has 0 aromatic carbocycles. The van der Waals surface area contributed by atoms with Crippen molar-refractivity contribution in [2.24, 2.45) is 5.92 Å². The van der Waals surface area contributed by atoms with Gasteiger partial charge in [-0.15, -0.1) is 0 Å². The molecule has 5 nitrogen and oxygen atoms in total. The van der Waals surface area contributed by atoms with Crippen molar-refractivity contribution in [1.29, 1.82) is 0 Å². The standard InChI is InChI=1S/C15H21N3O2/c1-10-7-11(2)17-15(16-10)20-13-5-6-18(9-13)14(19)8-12-3-4-12/h7,12-13H,3-6,8-9H2,1-2H3/t13-/m1/s1. The first kappa shape index (κ1) is 13.3. The highest BCUT2D eigenvalue weighted by Gasteiger charge is 2.32. The molecule has 2 fully saturated rings. The molecule has 1 aliphatic heterocycles. The molecule has 5 heteroatoms. The molecule has 3 rings (SSSR count).